The maximum atomic E-state index is 6.45. The van der Waals surface area contributed by atoms with Crippen molar-refractivity contribution in [2.24, 2.45) is 0 Å². The molecule has 0 spiro atoms. The molecule has 0 unspecified atom stereocenters. The lowest BCUT2D eigenvalue weighted by Crippen LogP contribution is -1.94. The first-order valence-corrected chi connectivity index (χ1v) is 16.2. The molecule has 0 saturated heterocycles. The van der Waals surface area contributed by atoms with Gasteiger partial charge in [0, 0.05) is 47.9 Å². The Balaban J connectivity index is 1.26. The smallest absolute Gasteiger partial charge is 0.143 e. The molecule has 0 N–H and O–H groups in total. The van der Waals surface area contributed by atoms with E-state index in [9.17, 15) is 0 Å². The van der Waals surface area contributed by atoms with Crippen molar-refractivity contribution in [1.29, 1.82) is 0 Å². The number of furan rings is 2. The second-order valence-corrected chi connectivity index (χ2v) is 12.7. The molecule has 0 atom stereocenters. The van der Waals surface area contributed by atoms with Crippen LogP contribution in [0.3, 0.4) is 0 Å². The molecule has 0 bridgehead atoms. The lowest BCUT2D eigenvalue weighted by Gasteiger charge is -2.11. The van der Waals surface area contributed by atoms with Crippen molar-refractivity contribution in [2.75, 3.05) is 0 Å². The van der Waals surface area contributed by atoms with E-state index in [4.69, 9.17) is 8.83 Å². The zero-order valence-electron chi connectivity index (χ0n) is 24.5. The van der Waals surface area contributed by atoms with Crippen LogP contribution in [0.15, 0.2) is 159 Å². The Bertz CT molecular complexity index is 2660. The first-order chi connectivity index (χ1) is 22.7. The third-order valence-corrected chi connectivity index (χ3v) is 9.96. The molecule has 3 aromatic heterocycles. The lowest BCUT2D eigenvalue weighted by atomic mass is 9.98. The molecular weight excluding hydrogens is 630 g/mol. The summed E-state index contributed by atoms with van der Waals surface area (Å²) in [6.07, 6.45) is 0. The minimum absolute atomic E-state index is 0.904. The van der Waals surface area contributed by atoms with E-state index in [0.717, 1.165) is 87.3 Å². The maximum Gasteiger partial charge on any atom is 0.143 e. The average molecular weight is 655 g/mol. The summed E-state index contributed by atoms with van der Waals surface area (Å²) in [6.45, 7) is 0. The summed E-state index contributed by atoms with van der Waals surface area (Å²) in [5.74, 6) is 0. The maximum absolute atomic E-state index is 6.45. The molecule has 10 aromatic rings. The van der Waals surface area contributed by atoms with E-state index < -0.39 is 0 Å². The summed E-state index contributed by atoms with van der Waals surface area (Å²) in [5, 5.41) is 6.88. The molecule has 0 aliphatic carbocycles. The zero-order chi connectivity index (χ0) is 30.4. The monoisotopic (exact) mass is 653 g/mol. The minimum Gasteiger partial charge on any atom is -0.455 e. The summed E-state index contributed by atoms with van der Waals surface area (Å²) in [5.41, 5.74) is 11.4. The van der Waals surface area contributed by atoms with Gasteiger partial charge < -0.3 is 13.4 Å². The Hall–Kier alpha value is -5.58. The third kappa shape index (κ3) is 3.65. The lowest BCUT2D eigenvalue weighted by molar-refractivity contribution is 0.669. The second kappa shape index (κ2) is 9.71. The Morgan fingerprint density at radius 3 is 1.43 bits per heavy atom. The largest absolute Gasteiger partial charge is 0.455 e. The normalized spacial score (nSPS) is 12.0. The number of halogens is 1. The highest BCUT2D eigenvalue weighted by Crippen LogP contribution is 2.42. The Morgan fingerprint density at radius 1 is 0.413 bits per heavy atom. The van der Waals surface area contributed by atoms with Gasteiger partial charge in [0.2, 0.25) is 0 Å². The summed E-state index contributed by atoms with van der Waals surface area (Å²) in [6, 6.07) is 51.3. The van der Waals surface area contributed by atoms with Crippen molar-refractivity contribution >= 4 is 81.6 Å². The fourth-order valence-corrected chi connectivity index (χ4v) is 7.66. The summed E-state index contributed by atoms with van der Waals surface area (Å²) >= 11 is 3.83. The Labute approximate surface area is 272 Å². The van der Waals surface area contributed by atoms with Gasteiger partial charge in [-0.1, -0.05) is 97.1 Å². The topological polar surface area (TPSA) is 31.2 Å². The van der Waals surface area contributed by atoms with Gasteiger partial charge in [-0.2, -0.15) is 0 Å². The highest BCUT2D eigenvalue weighted by Gasteiger charge is 2.19. The van der Waals surface area contributed by atoms with Crippen molar-refractivity contribution in [1.82, 2.24) is 4.57 Å². The molecule has 0 aliphatic heterocycles. The van der Waals surface area contributed by atoms with Gasteiger partial charge in [0.1, 0.15) is 22.3 Å². The molecule has 0 fully saturated rings. The van der Waals surface area contributed by atoms with Crippen LogP contribution in [-0.4, -0.2) is 4.57 Å². The molecule has 4 heteroatoms. The molecule has 0 radical (unpaired) electrons. The average Bonchev–Trinajstić information content (AvgIpc) is 3.77. The Morgan fingerprint density at radius 2 is 0.891 bits per heavy atom. The van der Waals surface area contributed by atoms with Gasteiger partial charge >= 0.3 is 0 Å². The first-order valence-electron chi connectivity index (χ1n) is 15.4. The molecule has 0 saturated carbocycles. The standard InChI is InChI=1S/C42H24BrNO2/c43-35-15-3-4-16-38(35)44-36-21-19-25(27-11-7-13-31-29-9-1-5-17-39(29)45-41(27)31)23-33(36)34-24-26(20-22-37(34)44)28-12-8-14-32-30-10-2-6-18-40(30)46-42(28)32/h1-24H. The molecule has 10 rings (SSSR count). The first kappa shape index (κ1) is 25.7. The van der Waals surface area contributed by atoms with Crippen LogP contribution in [0.1, 0.15) is 0 Å². The van der Waals surface area contributed by atoms with Crippen LogP contribution in [0.25, 0.3) is 93.6 Å². The quantitative estimate of drug-likeness (QED) is 0.190. The predicted molar refractivity (Wildman–Crippen MR) is 194 cm³/mol. The van der Waals surface area contributed by atoms with Crippen molar-refractivity contribution in [3.8, 4) is 27.9 Å². The van der Waals surface area contributed by atoms with Crippen LogP contribution in [0, 0.1) is 0 Å². The van der Waals surface area contributed by atoms with E-state index in [0.29, 0.717) is 0 Å². The molecule has 0 amide bonds. The third-order valence-electron chi connectivity index (χ3n) is 9.29. The van der Waals surface area contributed by atoms with Crippen LogP contribution in [-0.2, 0) is 0 Å². The van der Waals surface area contributed by atoms with Crippen molar-refractivity contribution in [3.63, 3.8) is 0 Å². The minimum atomic E-state index is 0.904. The number of hydrogen-bond donors (Lipinski definition) is 0. The van der Waals surface area contributed by atoms with E-state index in [1.165, 1.54) is 10.8 Å². The summed E-state index contributed by atoms with van der Waals surface area (Å²) in [7, 11) is 0. The van der Waals surface area contributed by atoms with Gasteiger partial charge in [0.05, 0.1) is 16.7 Å². The van der Waals surface area contributed by atoms with Crippen molar-refractivity contribution in [2.45, 2.75) is 0 Å². The molecule has 46 heavy (non-hydrogen) atoms. The molecule has 3 heterocycles. The van der Waals surface area contributed by atoms with E-state index in [1.807, 2.05) is 24.3 Å². The van der Waals surface area contributed by atoms with E-state index >= 15 is 0 Å². The predicted octanol–water partition coefficient (Wildman–Crippen LogP) is 12.7. The number of fused-ring (bicyclic) bond motifs is 9. The summed E-state index contributed by atoms with van der Waals surface area (Å²) in [4.78, 5) is 0. The van der Waals surface area contributed by atoms with Crippen molar-refractivity contribution < 1.29 is 8.83 Å². The Kier molecular flexibility index (Phi) is 5.43. The van der Waals surface area contributed by atoms with Crippen molar-refractivity contribution in [3.05, 3.63) is 150 Å². The number of benzene rings is 7. The number of nitrogens with zero attached hydrogens (tertiary/aromatic N) is 1. The van der Waals surface area contributed by atoms with Crippen LogP contribution in [0.5, 0.6) is 0 Å². The SMILES string of the molecule is Brc1ccccc1-n1c2ccc(-c3cccc4c3oc3ccccc34)cc2c2cc(-c3cccc4c3oc3ccccc34)ccc21. The summed E-state index contributed by atoms with van der Waals surface area (Å²) < 4.78 is 16.3. The van der Waals surface area contributed by atoms with E-state index in [-0.39, 0.29) is 0 Å². The number of para-hydroxylation sites is 5. The van der Waals surface area contributed by atoms with Gasteiger partial charge in [-0.15, -0.1) is 0 Å². The van der Waals surface area contributed by atoms with Gasteiger partial charge in [0.25, 0.3) is 0 Å². The van der Waals surface area contributed by atoms with Crippen LogP contribution < -0.4 is 0 Å². The molecule has 216 valence electrons. The molecule has 7 aromatic carbocycles. The van der Waals surface area contributed by atoms with E-state index in [2.05, 4.69) is 142 Å². The molecule has 3 nitrogen and oxygen atoms in total. The second-order valence-electron chi connectivity index (χ2n) is 11.8. The zero-order valence-corrected chi connectivity index (χ0v) is 26.1. The fourth-order valence-electron chi connectivity index (χ4n) is 7.20. The number of rotatable bonds is 3. The van der Waals surface area contributed by atoms with E-state index in [1.54, 1.807) is 0 Å². The molecule has 0 aliphatic rings. The number of hydrogen-bond acceptors (Lipinski definition) is 2. The van der Waals surface area contributed by atoms with Gasteiger partial charge in [0.15, 0.2) is 0 Å². The van der Waals surface area contributed by atoms with Crippen LogP contribution >= 0.6 is 15.9 Å². The highest BCUT2D eigenvalue weighted by atomic mass is 79.9. The fraction of sp³-hybridized carbons (Fsp3) is 0. The highest BCUT2D eigenvalue weighted by molar-refractivity contribution is 9.10. The molecular formula is C42H24BrNO2. The van der Waals surface area contributed by atoms with Crippen LogP contribution in [0.2, 0.25) is 0 Å². The number of aromatic nitrogens is 1. The van der Waals surface area contributed by atoms with Gasteiger partial charge in [-0.3, -0.25) is 0 Å². The van der Waals surface area contributed by atoms with Gasteiger partial charge in [-0.25, -0.2) is 0 Å². The van der Waals surface area contributed by atoms with Gasteiger partial charge in [-0.05, 0) is 75.6 Å². The van der Waals surface area contributed by atoms with Crippen LogP contribution in [0.4, 0.5) is 0 Å².